The summed E-state index contributed by atoms with van der Waals surface area (Å²) in [5.74, 6) is -0.292. The Kier molecular flexibility index (Phi) is 4.52. The predicted octanol–water partition coefficient (Wildman–Crippen LogP) is 4.35. The number of carbonyl (C=O) groups is 1. The van der Waals surface area contributed by atoms with Gasteiger partial charge in [0.15, 0.2) is 0 Å². The molecule has 1 amide bonds. The van der Waals surface area contributed by atoms with Gasteiger partial charge in [0, 0.05) is 11.9 Å². The van der Waals surface area contributed by atoms with Crippen molar-refractivity contribution in [2.45, 2.75) is 38.6 Å². The maximum Gasteiger partial charge on any atom is 0.273 e. The molecule has 1 aliphatic rings. The molecule has 1 atom stereocenters. The van der Waals surface area contributed by atoms with Crippen molar-refractivity contribution < 1.29 is 9.18 Å². The molecular weight excluding hydrogens is 299 g/mol. The molecule has 1 saturated heterocycles. The number of hydrogen-bond acceptors (Lipinski definition) is 3. The van der Waals surface area contributed by atoms with Crippen molar-refractivity contribution in [3.8, 4) is 0 Å². The number of rotatable bonds is 2. The molecule has 116 valence electrons. The first-order valence-corrected chi connectivity index (χ1v) is 8.51. The fourth-order valence-electron chi connectivity index (χ4n) is 3.02. The van der Waals surface area contributed by atoms with Crippen LogP contribution in [0, 0.1) is 12.7 Å². The summed E-state index contributed by atoms with van der Waals surface area (Å²) in [6.07, 6.45) is 4.02. The van der Waals surface area contributed by atoms with E-state index in [1.165, 1.54) is 17.4 Å². The molecule has 0 spiro atoms. The Morgan fingerprint density at radius 2 is 2.23 bits per heavy atom. The maximum absolute atomic E-state index is 13.6. The van der Waals surface area contributed by atoms with Crippen LogP contribution in [0.1, 0.15) is 52.8 Å². The highest BCUT2D eigenvalue weighted by molar-refractivity contribution is 7.09. The van der Waals surface area contributed by atoms with E-state index < -0.39 is 0 Å². The normalized spacial score (nSPS) is 19.0. The van der Waals surface area contributed by atoms with Crippen LogP contribution in [0.5, 0.6) is 0 Å². The Labute approximate surface area is 133 Å². The third-order valence-electron chi connectivity index (χ3n) is 4.09. The van der Waals surface area contributed by atoms with Crippen molar-refractivity contribution in [3.05, 3.63) is 51.7 Å². The zero-order valence-corrected chi connectivity index (χ0v) is 13.4. The first-order valence-electron chi connectivity index (χ1n) is 7.64. The molecule has 1 unspecified atom stereocenters. The second-order valence-corrected chi connectivity index (χ2v) is 6.73. The van der Waals surface area contributed by atoms with Crippen molar-refractivity contribution in [3.63, 3.8) is 0 Å². The summed E-state index contributed by atoms with van der Waals surface area (Å²) in [5, 5.41) is 2.70. The third-order valence-corrected chi connectivity index (χ3v) is 4.86. The van der Waals surface area contributed by atoms with Crippen LogP contribution in [0.15, 0.2) is 29.6 Å². The van der Waals surface area contributed by atoms with Crippen LogP contribution >= 0.6 is 11.3 Å². The van der Waals surface area contributed by atoms with Gasteiger partial charge < -0.3 is 4.90 Å². The lowest BCUT2D eigenvalue weighted by molar-refractivity contribution is 0.0675. The van der Waals surface area contributed by atoms with Gasteiger partial charge in [-0.2, -0.15) is 0 Å². The van der Waals surface area contributed by atoms with Gasteiger partial charge in [0.25, 0.3) is 5.91 Å². The summed E-state index contributed by atoms with van der Waals surface area (Å²) >= 11 is 1.48. The van der Waals surface area contributed by atoms with Crippen LogP contribution in [0.25, 0.3) is 0 Å². The van der Waals surface area contributed by atoms with Crippen LogP contribution in [-0.4, -0.2) is 22.3 Å². The first-order chi connectivity index (χ1) is 10.6. The zero-order valence-electron chi connectivity index (χ0n) is 12.6. The molecule has 2 heterocycles. The molecule has 2 aromatic rings. The molecule has 22 heavy (non-hydrogen) atoms. The number of carbonyl (C=O) groups excluding carboxylic acids is 1. The van der Waals surface area contributed by atoms with E-state index in [0.29, 0.717) is 12.2 Å². The molecule has 0 N–H and O–H groups in total. The minimum atomic E-state index is -0.251. The second-order valence-electron chi connectivity index (χ2n) is 5.67. The predicted molar refractivity (Wildman–Crippen MR) is 85.5 cm³/mol. The van der Waals surface area contributed by atoms with Gasteiger partial charge in [0.05, 0.1) is 11.0 Å². The van der Waals surface area contributed by atoms with Gasteiger partial charge in [-0.05, 0) is 37.5 Å². The summed E-state index contributed by atoms with van der Waals surface area (Å²) in [7, 11) is 0. The van der Waals surface area contributed by atoms with E-state index in [1.807, 2.05) is 23.3 Å². The third kappa shape index (κ3) is 3.19. The van der Waals surface area contributed by atoms with Crippen molar-refractivity contribution in [2.24, 2.45) is 0 Å². The Morgan fingerprint density at radius 1 is 1.36 bits per heavy atom. The standard InChI is InChI=1S/C17H19FN2OS/c1-12-19-15(11-22-12)17(21)20-9-4-2-3-8-16(20)13-6-5-7-14(18)10-13/h5-7,10-11,16H,2-4,8-9H2,1H3. The van der Waals surface area contributed by atoms with E-state index in [2.05, 4.69) is 4.98 Å². The molecular formula is C17H19FN2OS. The maximum atomic E-state index is 13.6. The van der Waals surface area contributed by atoms with E-state index in [1.54, 1.807) is 12.1 Å². The molecule has 0 bridgehead atoms. The highest BCUT2D eigenvalue weighted by Crippen LogP contribution is 2.31. The number of benzene rings is 1. The Balaban J connectivity index is 1.92. The molecule has 1 fully saturated rings. The van der Waals surface area contributed by atoms with Gasteiger partial charge in [-0.25, -0.2) is 9.37 Å². The van der Waals surface area contributed by atoms with Crippen LogP contribution < -0.4 is 0 Å². The molecule has 1 aromatic carbocycles. The van der Waals surface area contributed by atoms with Crippen molar-refractivity contribution in [1.29, 1.82) is 0 Å². The molecule has 0 radical (unpaired) electrons. The first kappa shape index (κ1) is 15.2. The van der Waals surface area contributed by atoms with Crippen LogP contribution in [0.3, 0.4) is 0 Å². The topological polar surface area (TPSA) is 33.2 Å². The fourth-order valence-corrected chi connectivity index (χ4v) is 3.61. The lowest BCUT2D eigenvalue weighted by Gasteiger charge is -2.30. The minimum Gasteiger partial charge on any atom is -0.330 e. The minimum absolute atomic E-state index is 0.0412. The zero-order chi connectivity index (χ0) is 15.5. The lowest BCUT2D eigenvalue weighted by atomic mass is 10.0. The molecule has 0 saturated carbocycles. The van der Waals surface area contributed by atoms with E-state index in [0.717, 1.165) is 36.3 Å². The van der Waals surface area contributed by atoms with E-state index in [4.69, 9.17) is 0 Å². The van der Waals surface area contributed by atoms with Crippen molar-refractivity contribution in [2.75, 3.05) is 6.54 Å². The van der Waals surface area contributed by atoms with Gasteiger partial charge >= 0.3 is 0 Å². The average Bonchev–Trinajstić information content (AvgIpc) is 2.80. The van der Waals surface area contributed by atoms with Crippen LogP contribution in [-0.2, 0) is 0 Å². The summed E-state index contributed by atoms with van der Waals surface area (Å²) < 4.78 is 13.6. The summed E-state index contributed by atoms with van der Waals surface area (Å²) in [6, 6.07) is 6.54. The summed E-state index contributed by atoms with van der Waals surface area (Å²) in [6.45, 7) is 2.60. The SMILES string of the molecule is Cc1nc(C(=O)N2CCCCCC2c2cccc(F)c2)cs1. The Hall–Kier alpha value is -1.75. The van der Waals surface area contributed by atoms with Gasteiger partial charge in [-0.3, -0.25) is 4.79 Å². The number of amides is 1. The summed E-state index contributed by atoms with van der Waals surface area (Å²) in [4.78, 5) is 19.0. The molecule has 5 heteroatoms. The second kappa shape index (κ2) is 6.57. The quantitative estimate of drug-likeness (QED) is 0.825. The number of aromatic nitrogens is 1. The van der Waals surface area contributed by atoms with Crippen LogP contribution in [0.4, 0.5) is 4.39 Å². The van der Waals surface area contributed by atoms with Crippen LogP contribution in [0.2, 0.25) is 0 Å². The number of hydrogen-bond donors (Lipinski definition) is 0. The molecule has 1 aliphatic heterocycles. The fraction of sp³-hybridized carbons (Fsp3) is 0.412. The monoisotopic (exact) mass is 318 g/mol. The van der Waals surface area contributed by atoms with Crippen molar-refractivity contribution in [1.82, 2.24) is 9.88 Å². The lowest BCUT2D eigenvalue weighted by Crippen LogP contribution is -2.35. The highest BCUT2D eigenvalue weighted by atomic mass is 32.1. The van der Waals surface area contributed by atoms with Gasteiger partial charge in [0.1, 0.15) is 11.5 Å². The number of likely N-dealkylation sites (tertiary alicyclic amines) is 1. The Bertz CT molecular complexity index is 670. The number of halogens is 1. The molecule has 0 aliphatic carbocycles. The van der Waals surface area contributed by atoms with Gasteiger partial charge in [-0.15, -0.1) is 11.3 Å². The highest BCUT2D eigenvalue weighted by Gasteiger charge is 2.28. The smallest absolute Gasteiger partial charge is 0.273 e. The molecule has 3 rings (SSSR count). The number of thiazole rings is 1. The van der Waals surface area contributed by atoms with E-state index in [-0.39, 0.29) is 17.8 Å². The average molecular weight is 318 g/mol. The van der Waals surface area contributed by atoms with E-state index >= 15 is 0 Å². The van der Waals surface area contributed by atoms with Gasteiger partial charge in [0.2, 0.25) is 0 Å². The van der Waals surface area contributed by atoms with Crippen molar-refractivity contribution >= 4 is 17.2 Å². The Morgan fingerprint density at radius 3 is 2.95 bits per heavy atom. The number of nitrogens with zero attached hydrogens (tertiary/aromatic N) is 2. The molecule has 1 aromatic heterocycles. The molecule has 3 nitrogen and oxygen atoms in total. The summed E-state index contributed by atoms with van der Waals surface area (Å²) in [5.41, 5.74) is 1.38. The largest absolute Gasteiger partial charge is 0.330 e. The van der Waals surface area contributed by atoms with E-state index in [9.17, 15) is 9.18 Å². The van der Waals surface area contributed by atoms with Gasteiger partial charge in [-0.1, -0.05) is 25.0 Å². The number of aryl methyl sites for hydroxylation is 1.